The normalized spacial score (nSPS) is 24.7. The van der Waals surface area contributed by atoms with E-state index in [9.17, 15) is 0 Å². The number of hydrogen-bond donors (Lipinski definition) is 0. The van der Waals surface area contributed by atoms with Crippen molar-refractivity contribution < 1.29 is 4.48 Å². The molecule has 0 bridgehead atoms. The number of hydrogen-bond acceptors (Lipinski definition) is 1. The molecule has 0 N–H and O–H groups in total. The topological polar surface area (TPSA) is 3.24 Å². The van der Waals surface area contributed by atoms with Gasteiger partial charge in [0.2, 0.25) is 0 Å². The molecule has 1 saturated heterocycles. The Morgan fingerprint density at radius 3 is 2.38 bits per heavy atom. The summed E-state index contributed by atoms with van der Waals surface area (Å²) < 4.78 is 1.16. The third-order valence-corrected chi connectivity index (χ3v) is 3.47. The molecule has 13 heavy (non-hydrogen) atoms. The molecule has 2 heteroatoms. The Morgan fingerprint density at radius 1 is 1.31 bits per heavy atom. The largest absolute Gasteiger partial charge is 0.316 e. The molecule has 0 aromatic heterocycles. The van der Waals surface area contributed by atoms with E-state index in [1.54, 1.807) is 0 Å². The third kappa shape index (κ3) is 2.68. The van der Waals surface area contributed by atoms with E-state index >= 15 is 0 Å². The molecule has 0 unspecified atom stereocenters. The molecule has 0 amide bonds. The average Bonchev–Trinajstić information content (AvgIpc) is 2.03. The quantitative estimate of drug-likeness (QED) is 0.594. The van der Waals surface area contributed by atoms with Gasteiger partial charge in [-0.05, 0) is 20.3 Å². The summed E-state index contributed by atoms with van der Waals surface area (Å²) in [5.74, 6) is 0. The highest BCUT2D eigenvalue weighted by atomic mass is 15.4. The minimum atomic E-state index is 0.385. The summed E-state index contributed by atoms with van der Waals surface area (Å²) in [6, 6.07) is 0. The summed E-state index contributed by atoms with van der Waals surface area (Å²) in [6.07, 6.45) is 2.59. The minimum absolute atomic E-state index is 0.385. The first kappa shape index (κ1) is 11.0. The molecule has 1 aliphatic heterocycles. The lowest BCUT2D eigenvalue weighted by Crippen LogP contribution is -2.59. The van der Waals surface area contributed by atoms with Gasteiger partial charge in [-0.2, -0.15) is 0 Å². The molecule has 0 saturated carbocycles. The maximum Gasteiger partial charge on any atom is 0.135 e. The van der Waals surface area contributed by atoms with Crippen molar-refractivity contribution in [1.82, 2.24) is 4.90 Å². The fourth-order valence-electron chi connectivity index (χ4n) is 2.01. The highest BCUT2D eigenvalue weighted by Gasteiger charge is 2.33. The molecule has 1 rings (SSSR count). The summed E-state index contributed by atoms with van der Waals surface area (Å²) in [5, 5.41) is 0. The van der Waals surface area contributed by atoms with Crippen molar-refractivity contribution in [2.24, 2.45) is 0 Å². The molecule has 0 aromatic carbocycles. The van der Waals surface area contributed by atoms with Crippen LogP contribution in [0.4, 0.5) is 0 Å². The fraction of sp³-hybridized carbons (Fsp3) is 1.00. The Labute approximate surface area is 83.1 Å². The lowest BCUT2D eigenvalue weighted by atomic mass is 9.98. The molecule has 0 spiro atoms. The molecule has 1 fully saturated rings. The van der Waals surface area contributed by atoms with Gasteiger partial charge in [0.25, 0.3) is 0 Å². The maximum absolute atomic E-state index is 2.64. The second kappa shape index (κ2) is 3.58. The summed E-state index contributed by atoms with van der Waals surface area (Å²) in [7, 11) is 4.66. The lowest BCUT2D eigenvalue weighted by molar-refractivity contribution is -0.907. The van der Waals surface area contributed by atoms with Gasteiger partial charge in [-0.15, -0.1) is 0 Å². The number of quaternary nitrogens is 1. The van der Waals surface area contributed by atoms with Gasteiger partial charge < -0.3 is 4.48 Å². The SMILES string of the molecule is CCC(C)(C)N1CCC[N+](C)(C)C1. The molecular weight excluding hydrogens is 160 g/mol. The zero-order valence-electron chi connectivity index (χ0n) is 9.93. The molecule has 0 aromatic rings. The van der Waals surface area contributed by atoms with E-state index < -0.39 is 0 Å². The van der Waals surface area contributed by atoms with Crippen molar-refractivity contribution in [3.8, 4) is 0 Å². The predicted octanol–water partition coefficient (Wildman–Crippen LogP) is 1.91. The van der Waals surface area contributed by atoms with Crippen LogP contribution in [0.3, 0.4) is 0 Å². The first-order valence-corrected chi connectivity index (χ1v) is 5.44. The first-order chi connectivity index (χ1) is 5.87. The van der Waals surface area contributed by atoms with E-state index in [1.807, 2.05) is 0 Å². The number of rotatable bonds is 2. The van der Waals surface area contributed by atoms with Gasteiger partial charge in [-0.3, -0.25) is 4.90 Å². The van der Waals surface area contributed by atoms with Gasteiger partial charge in [0.1, 0.15) is 6.67 Å². The van der Waals surface area contributed by atoms with E-state index in [0.717, 1.165) is 4.48 Å². The lowest BCUT2D eigenvalue weighted by Gasteiger charge is -2.46. The molecule has 0 aliphatic carbocycles. The average molecular weight is 185 g/mol. The van der Waals surface area contributed by atoms with Gasteiger partial charge >= 0.3 is 0 Å². The summed E-state index contributed by atoms with van der Waals surface area (Å²) in [4.78, 5) is 2.64. The molecule has 0 radical (unpaired) electrons. The second-order valence-corrected chi connectivity index (χ2v) is 5.58. The van der Waals surface area contributed by atoms with Gasteiger partial charge in [0.05, 0.1) is 20.6 Å². The summed E-state index contributed by atoms with van der Waals surface area (Å²) in [5.41, 5.74) is 0.385. The fourth-order valence-corrected chi connectivity index (χ4v) is 2.01. The van der Waals surface area contributed by atoms with Crippen LogP contribution in [0.5, 0.6) is 0 Å². The van der Waals surface area contributed by atoms with Crippen molar-refractivity contribution in [3.63, 3.8) is 0 Å². The standard InChI is InChI=1S/C11H25N2/c1-6-11(2,3)12-8-7-9-13(4,5)10-12/h6-10H2,1-5H3/q+1. The zero-order chi connectivity index (χ0) is 10.1. The molecule has 2 nitrogen and oxygen atoms in total. The summed E-state index contributed by atoms with van der Waals surface area (Å²) >= 11 is 0. The predicted molar refractivity (Wildman–Crippen MR) is 57.5 cm³/mol. The van der Waals surface area contributed by atoms with Crippen LogP contribution < -0.4 is 0 Å². The Kier molecular flexibility index (Phi) is 3.03. The van der Waals surface area contributed by atoms with Crippen LogP contribution in [0, 0.1) is 0 Å². The van der Waals surface area contributed by atoms with Crippen LogP contribution >= 0.6 is 0 Å². The first-order valence-electron chi connectivity index (χ1n) is 5.44. The Morgan fingerprint density at radius 2 is 1.92 bits per heavy atom. The number of nitrogens with zero attached hydrogens (tertiary/aromatic N) is 2. The second-order valence-electron chi connectivity index (χ2n) is 5.58. The van der Waals surface area contributed by atoms with Gasteiger partial charge in [0.15, 0.2) is 0 Å². The van der Waals surface area contributed by atoms with E-state index in [-0.39, 0.29) is 0 Å². The molecule has 1 aliphatic rings. The van der Waals surface area contributed by atoms with Crippen molar-refractivity contribution in [2.45, 2.75) is 39.2 Å². The van der Waals surface area contributed by atoms with Crippen molar-refractivity contribution in [1.29, 1.82) is 0 Å². The smallest absolute Gasteiger partial charge is 0.135 e. The molecule has 1 heterocycles. The highest BCUT2D eigenvalue weighted by Crippen LogP contribution is 2.23. The highest BCUT2D eigenvalue weighted by molar-refractivity contribution is 4.79. The van der Waals surface area contributed by atoms with Crippen LogP contribution in [0.25, 0.3) is 0 Å². The van der Waals surface area contributed by atoms with Crippen molar-refractivity contribution in [3.05, 3.63) is 0 Å². The van der Waals surface area contributed by atoms with Crippen molar-refractivity contribution in [2.75, 3.05) is 33.9 Å². The summed E-state index contributed by atoms with van der Waals surface area (Å²) in [6.45, 7) is 10.8. The van der Waals surface area contributed by atoms with Crippen LogP contribution in [0.15, 0.2) is 0 Å². The van der Waals surface area contributed by atoms with Crippen LogP contribution in [0.1, 0.15) is 33.6 Å². The Balaban J connectivity index is 2.61. The van der Waals surface area contributed by atoms with Gasteiger partial charge in [-0.25, -0.2) is 0 Å². The maximum atomic E-state index is 2.64. The van der Waals surface area contributed by atoms with Gasteiger partial charge in [0, 0.05) is 18.5 Å². The van der Waals surface area contributed by atoms with E-state index in [2.05, 4.69) is 39.8 Å². The minimum Gasteiger partial charge on any atom is -0.316 e. The van der Waals surface area contributed by atoms with Crippen LogP contribution in [-0.4, -0.2) is 48.8 Å². The zero-order valence-corrected chi connectivity index (χ0v) is 9.93. The van der Waals surface area contributed by atoms with E-state index in [4.69, 9.17) is 0 Å². The van der Waals surface area contributed by atoms with Gasteiger partial charge in [-0.1, -0.05) is 6.92 Å². The molecular formula is C11H25N2+. The third-order valence-electron chi connectivity index (χ3n) is 3.47. The Hall–Kier alpha value is -0.0800. The molecule has 78 valence electrons. The van der Waals surface area contributed by atoms with E-state index in [1.165, 1.54) is 32.6 Å². The van der Waals surface area contributed by atoms with Crippen molar-refractivity contribution >= 4 is 0 Å². The van der Waals surface area contributed by atoms with Crippen LogP contribution in [0.2, 0.25) is 0 Å². The molecule has 0 atom stereocenters. The monoisotopic (exact) mass is 185 g/mol. The van der Waals surface area contributed by atoms with E-state index in [0.29, 0.717) is 5.54 Å². The van der Waals surface area contributed by atoms with Crippen LogP contribution in [-0.2, 0) is 0 Å². The Bertz CT molecular complexity index is 173.